The second kappa shape index (κ2) is 8.52. The molecule has 0 aliphatic carbocycles. The van der Waals surface area contributed by atoms with Crippen molar-refractivity contribution in [3.05, 3.63) is 66.1 Å². The third-order valence-corrected chi connectivity index (χ3v) is 5.62. The number of H-pyrrole nitrogens is 2. The maximum atomic E-state index is 12.7. The zero-order chi connectivity index (χ0) is 19.3. The predicted molar refractivity (Wildman–Crippen MR) is 117 cm³/mol. The molecule has 2 heterocycles. The van der Waals surface area contributed by atoms with Crippen LogP contribution in [0.4, 0.5) is 0 Å². The first kappa shape index (κ1) is 18.6. The van der Waals surface area contributed by atoms with E-state index in [0.717, 1.165) is 34.5 Å². The lowest BCUT2D eigenvalue weighted by Crippen LogP contribution is -2.30. The summed E-state index contributed by atoms with van der Waals surface area (Å²) >= 11 is 1.77. The number of nitrogens with zero attached hydrogens (tertiary/aromatic N) is 1. The average Bonchev–Trinajstić information content (AvgIpc) is 3.33. The SMILES string of the molecule is CSCC[C@H](NC(=O)CCc1c[nH]c2ccccc12)c1nc2ccccc2[nH]1. The van der Waals surface area contributed by atoms with E-state index >= 15 is 0 Å². The number of aromatic amines is 2. The summed E-state index contributed by atoms with van der Waals surface area (Å²) < 4.78 is 0. The molecule has 4 aromatic rings. The fourth-order valence-corrected chi connectivity index (χ4v) is 3.98. The van der Waals surface area contributed by atoms with Gasteiger partial charge in [0.05, 0.1) is 17.1 Å². The molecule has 0 bridgehead atoms. The van der Waals surface area contributed by atoms with E-state index in [0.29, 0.717) is 12.8 Å². The maximum Gasteiger partial charge on any atom is 0.220 e. The van der Waals surface area contributed by atoms with Gasteiger partial charge in [0.15, 0.2) is 0 Å². The van der Waals surface area contributed by atoms with Crippen LogP contribution in [0.25, 0.3) is 21.9 Å². The highest BCUT2D eigenvalue weighted by Crippen LogP contribution is 2.21. The molecule has 0 unspecified atom stereocenters. The zero-order valence-electron chi connectivity index (χ0n) is 15.9. The number of aryl methyl sites for hydroxylation is 1. The summed E-state index contributed by atoms with van der Waals surface area (Å²) in [6.45, 7) is 0. The van der Waals surface area contributed by atoms with Crippen LogP contribution < -0.4 is 5.32 Å². The molecule has 5 nitrogen and oxygen atoms in total. The van der Waals surface area contributed by atoms with Crippen molar-refractivity contribution in [2.45, 2.75) is 25.3 Å². The number of hydrogen-bond donors (Lipinski definition) is 3. The van der Waals surface area contributed by atoms with Crippen LogP contribution in [0.5, 0.6) is 0 Å². The van der Waals surface area contributed by atoms with Gasteiger partial charge in [-0.3, -0.25) is 4.79 Å². The Morgan fingerprint density at radius 1 is 1.14 bits per heavy atom. The van der Waals surface area contributed by atoms with Crippen LogP contribution in [0.2, 0.25) is 0 Å². The van der Waals surface area contributed by atoms with E-state index in [2.05, 4.69) is 38.7 Å². The Labute approximate surface area is 168 Å². The molecule has 6 heteroatoms. The van der Waals surface area contributed by atoms with Crippen molar-refractivity contribution in [2.75, 3.05) is 12.0 Å². The van der Waals surface area contributed by atoms with Crippen LogP contribution in [0, 0.1) is 0 Å². The summed E-state index contributed by atoms with van der Waals surface area (Å²) in [7, 11) is 0. The first-order valence-corrected chi connectivity index (χ1v) is 10.9. The summed E-state index contributed by atoms with van der Waals surface area (Å²) in [5.41, 5.74) is 4.22. The van der Waals surface area contributed by atoms with E-state index < -0.39 is 0 Å². The molecule has 0 aliphatic rings. The summed E-state index contributed by atoms with van der Waals surface area (Å²) in [6.07, 6.45) is 6.10. The van der Waals surface area contributed by atoms with Crippen molar-refractivity contribution >= 4 is 39.6 Å². The quantitative estimate of drug-likeness (QED) is 0.411. The monoisotopic (exact) mass is 392 g/mol. The number of imidazole rings is 1. The Balaban J connectivity index is 1.44. The number of fused-ring (bicyclic) bond motifs is 2. The highest BCUT2D eigenvalue weighted by atomic mass is 32.2. The molecule has 1 atom stereocenters. The molecule has 0 saturated carbocycles. The van der Waals surface area contributed by atoms with E-state index in [-0.39, 0.29) is 11.9 Å². The van der Waals surface area contributed by atoms with Gasteiger partial charge in [-0.05, 0) is 48.6 Å². The summed E-state index contributed by atoms with van der Waals surface area (Å²) in [5, 5.41) is 4.37. The topological polar surface area (TPSA) is 73.6 Å². The molecule has 2 aromatic heterocycles. The Kier molecular flexibility index (Phi) is 5.67. The normalized spacial score (nSPS) is 12.5. The summed E-state index contributed by atoms with van der Waals surface area (Å²) in [6, 6.07) is 16.0. The third kappa shape index (κ3) is 4.07. The fourth-order valence-electron chi connectivity index (χ4n) is 3.50. The molecule has 3 N–H and O–H groups in total. The third-order valence-electron chi connectivity index (χ3n) is 4.98. The van der Waals surface area contributed by atoms with E-state index in [9.17, 15) is 4.79 Å². The largest absolute Gasteiger partial charge is 0.361 e. The number of carbonyl (C=O) groups is 1. The van der Waals surface area contributed by atoms with Gasteiger partial charge in [-0.15, -0.1) is 0 Å². The fraction of sp³-hybridized carbons (Fsp3) is 0.273. The molecule has 0 aliphatic heterocycles. The molecule has 1 amide bonds. The maximum absolute atomic E-state index is 12.7. The lowest BCUT2D eigenvalue weighted by molar-refractivity contribution is -0.121. The zero-order valence-corrected chi connectivity index (χ0v) is 16.7. The van der Waals surface area contributed by atoms with Crippen molar-refractivity contribution in [1.82, 2.24) is 20.3 Å². The van der Waals surface area contributed by atoms with Gasteiger partial charge >= 0.3 is 0 Å². The van der Waals surface area contributed by atoms with E-state index in [4.69, 9.17) is 0 Å². The number of thioether (sulfide) groups is 1. The minimum Gasteiger partial charge on any atom is -0.361 e. The summed E-state index contributed by atoms with van der Waals surface area (Å²) in [4.78, 5) is 24.0. The van der Waals surface area contributed by atoms with Crippen LogP contribution in [0.3, 0.4) is 0 Å². The first-order chi connectivity index (χ1) is 13.7. The Morgan fingerprint density at radius 3 is 2.75 bits per heavy atom. The van der Waals surface area contributed by atoms with E-state index in [1.807, 2.05) is 42.6 Å². The number of aromatic nitrogens is 3. The van der Waals surface area contributed by atoms with Gasteiger partial charge in [-0.25, -0.2) is 4.98 Å². The Morgan fingerprint density at radius 2 is 1.93 bits per heavy atom. The molecule has 4 rings (SSSR count). The number of amides is 1. The average molecular weight is 393 g/mol. The molecular formula is C22H24N4OS. The van der Waals surface area contributed by atoms with E-state index in [1.165, 1.54) is 10.9 Å². The van der Waals surface area contributed by atoms with Crippen LogP contribution in [-0.2, 0) is 11.2 Å². The van der Waals surface area contributed by atoms with Gasteiger partial charge in [0.1, 0.15) is 5.82 Å². The number of hydrogen-bond acceptors (Lipinski definition) is 3. The smallest absolute Gasteiger partial charge is 0.220 e. The van der Waals surface area contributed by atoms with Crippen LogP contribution >= 0.6 is 11.8 Å². The van der Waals surface area contributed by atoms with Crippen molar-refractivity contribution in [3.63, 3.8) is 0 Å². The first-order valence-electron chi connectivity index (χ1n) is 9.52. The van der Waals surface area contributed by atoms with Crippen molar-refractivity contribution < 1.29 is 4.79 Å². The van der Waals surface area contributed by atoms with Gasteiger partial charge in [-0.1, -0.05) is 30.3 Å². The van der Waals surface area contributed by atoms with Gasteiger partial charge in [0.25, 0.3) is 0 Å². The molecule has 0 saturated heterocycles. The number of para-hydroxylation sites is 3. The molecule has 2 aromatic carbocycles. The van der Waals surface area contributed by atoms with Crippen LogP contribution in [0.1, 0.15) is 30.3 Å². The van der Waals surface area contributed by atoms with Crippen LogP contribution in [0.15, 0.2) is 54.7 Å². The minimum absolute atomic E-state index is 0.0526. The number of rotatable bonds is 8. The van der Waals surface area contributed by atoms with Gasteiger partial charge in [0.2, 0.25) is 5.91 Å². The molecular weight excluding hydrogens is 368 g/mol. The molecule has 144 valence electrons. The van der Waals surface area contributed by atoms with Gasteiger partial charge in [0, 0.05) is 23.5 Å². The van der Waals surface area contributed by atoms with E-state index in [1.54, 1.807) is 11.8 Å². The number of carbonyl (C=O) groups excluding carboxylic acids is 1. The highest BCUT2D eigenvalue weighted by molar-refractivity contribution is 7.98. The molecule has 0 radical (unpaired) electrons. The van der Waals surface area contributed by atoms with Gasteiger partial charge in [-0.2, -0.15) is 11.8 Å². The Bertz CT molecular complexity index is 1050. The summed E-state index contributed by atoms with van der Waals surface area (Å²) in [5.74, 6) is 1.84. The number of benzene rings is 2. The molecule has 28 heavy (non-hydrogen) atoms. The second-order valence-corrected chi connectivity index (χ2v) is 7.89. The number of nitrogens with one attached hydrogen (secondary N) is 3. The molecule has 0 fully saturated rings. The lowest BCUT2D eigenvalue weighted by Gasteiger charge is -2.16. The van der Waals surface area contributed by atoms with Crippen molar-refractivity contribution in [3.8, 4) is 0 Å². The van der Waals surface area contributed by atoms with Gasteiger partial charge < -0.3 is 15.3 Å². The standard InChI is InChI=1S/C22H24N4OS/c1-28-13-12-20(22-25-18-8-4-5-9-19(18)26-22)24-21(27)11-10-15-14-23-17-7-3-2-6-16(15)17/h2-9,14,20,23H,10-13H2,1H3,(H,24,27)(H,25,26)/t20-/m0/s1. The van der Waals surface area contributed by atoms with Crippen LogP contribution in [-0.4, -0.2) is 32.9 Å². The molecule has 0 spiro atoms. The Hall–Kier alpha value is -2.73. The minimum atomic E-state index is -0.102. The van der Waals surface area contributed by atoms with Crippen molar-refractivity contribution in [2.24, 2.45) is 0 Å². The highest BCUT2D eigenvalue weighted by Gasteiger charge is 2.18. The van der Waals surface area contributed by atoms with Crippen molar-refractivity contribution in [1.29, 1.82) is 0 Å². The lowest BCUT2D eigenvalue weighted by atomic mass is 10.1. The second-order valence-electron chi connectivity index (χ2n) is 6.90. The predicted octanol–water partition coefficient (Wildman–Crippen LogP) is 4.59.